The van der Waals surface area contributed by atoms with Crippen molar-refractivity contribution in [1.29, 1.82) is 0 Å². The van der Waals surface area contributed by atoms with Gasteiger partial charge in [0.05, 0.1) is 35.5 Å². The van der Waals surface area contributed by atoms with Gasteiger partial charge < -0.3 is 42.8 Å². The van der Waals surface area contributed by atoms with Crippen LogP contribution in [0.4, 0.5) is 0 Å². The Hall–Kier alpha value is -5.68. The van der Waals surface area contributed by atoms with E-state index < -0.39 is 0 Å². The first kappa shape index (κ1) is 63.3. The zero-order valence-electron chi connectivity index (χ0n) is 46.7. The normalized spacial score (nSPS) is 11.5. The molecule has 386 valence electrons. The molecule has 1 heterocycles. The maximum atomic E-state index is 11.6. The van der Waals surface area contributed by atoms with Gasteiger partial charge in [-0.2, -0.15) is 0 Å². The molecule has 11 heteroatoms. The van der Waals surface area contributed by atoms with E-state index in [1.54, 1.807) is 67.7 Å². The fourth-order valence-electron chi connectivity index (χ4n) is 6.47. The lowest BCUT2D eigenvalue weighted by molar-refractivity contribution is -0.127. The van der Waals surface area contributed by atoms with Crippen LogP contribution in [-0.4, -0.2) is 86.7 Å². The summed E-state index contributed by atoms with van der Waals surface area (Å²) in [7, 11) is 13.4. The van der Waals surface area contributed by atoms with Gasteiger partial charge in [-0.1, -0.05) is 145 Å². The number of ketones is 1. The van der Waals surface area contributed by atoms with Gasteiger partial charge in [0.15, 0.2) is 28.8 Å². The fraction of sp³-hybridized carbons (Fsp3) is 0.517. The molecule has 1 amide bonds. The van der Waals surface area contributed by atoms with Crippen LogP contribution < -0.4 is 33.2 Å². The summed E-state index contributed by atoms with van der Waals surface area (Å²) in [4.78, 5) is 24.7. The van der Waals surface area contributed by atoms with Gasteiger partial charge in [0.1, 0.15) is 11.5 Å². The number of fused-ring (bicyclic) bond motifs is 1. The molecule has 0 unspecified atom stereocenters. The van der Waals surface area contributed by atoms with E-state index in [1.165, 1.54) is 11.1 Å². The van der Waals surface area contributed by atoms with Crippen molar-refractivity contribution in [3.8, 4) is 40.2 Å². The summed E-state index contributed by atoms with van der Waals surface area (Å²) in [6.45, 7) is 32.1. The van der Waals surface area contributed by atoms with Crippen LogP contribution in [0.15, 0.2) is 84.9 Å². The maximum Gasteiger partial charge on any atom is 0.231 e. The van der Waals surface area contributed by atoms with Crippen molar-refractivity contribution >= 4 is 11.7 Å². The van der Waals surface area contributed by atoms with Crippen molar-refractivity contribution in [2.75, 3.05) is 70.2 Å². The fourth-order valence-corrected chi connectivity index (χ4v) is 6.47. The molecule has 0 saturated carbocycles. The number of benzene rings is 4. The zero-order chi connectivity index (χ0) is 53.3. The van der Waals surface area contributed by atoms with Crippen LogP contribution in [0.2, 0.25) is 0 Å². The number of hydrogen-bond donors (Lipinski definition) is 0. The van der Waals surface area contributed by atoms with Crippen molar-refractivity contribution < 1.29 is 47.5 Å². The summed E-state index contributed by atoms with van der Waals surface area (Å²) >= 11 is 0. The molecule has 5 rings (SSSR count). The number of likely N-dealkylation sites (N-methyl/N-ethyl adjacent to an activating group) is 1. The van der Waals surface area contributed by atoms with Crippen LogP contribution in [0.1, 0.15) is 136 Å². The summed E-state index contributed by atoms with van der Waals surface area (Å²) in [6, 6.07) is 23.3. The molecule has 1 aliphatic heterocycles. The van der Waals surface area contributed by atoms with Crippen LogP contribution in [0.25, 0.3) is 0 Å². The number of nitrogens with zero attached hydrogens (tertiary/aromatic N) is 1. The first-order valence-electron chi connectivity index (χ1n) is 23.5. The van der Waals surface area contributed by atoms with Crippen LogP contribution >= 0.6 is 0 Å². The third-order valence-electron chi connectivity index (χ3n) is 10.2. The molecule has 0 spiro atoms. The van der Waals surface area contributed by atoms with E-state index in [-0.39, 0.29) is 40.1 Å². The maximum absolute atomic E-state index is 11.6. The van der Waals surface area contributed by atoms with Gasteiger partial charge in [-0.15, -0.1) is 0 Å². The van der Waals surface area contributed by atoms with Gasteiger partial charge in [0, 0.05) is 51.9 Å². The molecule has 0 bridgehead atoms. The molecule has 4 aromatic carbocycles. The Kier molecular flexibility index (Phi) is 27.6. The molecular formula is C58H89NO10. The van der Waals surface area contributed by atoms with Gasteiger partial charge >= 0.3 is 0 Å². The van der Waals surface area contributed by atoms with Crippen LogP contribution in [0, 0.1) is 5.41 Å². The molecule has 69 heavy (non-hydrogen) atoms. The van der Waals surface area contributed by atoms with Crippen molar-refractivity contribution in [3.63, 3.8) is 0 Å². The Morgan fingerprint density at radius 1 is 0.638 bits per heavy atom. The summed E-state index contributed by atoms with van der Waals surface area (Å²) in [5.74, 6) is 5.54. The number of rotatable bonds is 10. The van der Waals surface area contributed by atoms with E-state index in [9.17, 15) is 9.59 Å². The van der Waals surface area contributed by atoms with Gasteiger partial charge in [-0.3, -0.25) is 9.59 Å². The Bertz CT molecular complexity index is 2150. The monoisotopic (exact) mass is 960 g/mol. The minimum atomic E-state index is -0.101. The minimum absolute atomic E-state index is 0.0600. The van der Waals surface area contributed by atoms with Gasteiger partial charge in [0.25, 0.3) is 0 Å². The quantitative estimate of drug-likeness (QED) is 0.112. The van der Waals surface area contributed by atoms with E-state index in [4.69, 9.17) is 33.2 Å². The lowest BCUT2D eigenvalue weighted by Gasteiger charge is -2.27. The minimum Gasteiger partial charge on any atom is -0.497 e. The molecule has 0 N–H and O–H groups in total. The molecule has 11 nitrogen and oxygen atoms in total. The third kappa shape index (κ3) is 22.1. The topological polar surface area (TPSA) is 111 Å². The summed E-state index contributed by atoms with van der Waals surface area (Å²) in [6.07, 6.45) is 4.33. The van der Waals surface area contributed by atoms with Crippen molar-refractivity contribution in [2.24, 2.45) is 5.41 Å². The Labute approximate surface area is 417 Å². The second-order valence-electron chi connectivity index (χ2n) is 20.1. The number of carbonyl (C=O) groups is 2. The van der Waals surface area contributed by atoms with E-state index >= 15 is 0 Å². The molecule has 1 aliphatic rings. The molecule has 0 aliphatic carbocycles. The summed E-state index contributed by atoms with van der Waals surface area (Å²) < 4.78 is 41.9. The highest BCUT2D eigenvalue weighted by atomic mass is 16.7. The first-order chi connectivity index (χ1) is 32.1. The Morgan fingerprint density at radius 2 is 1.20 bits per heavy atom. The second kappa shape index (κ2) is 30.0. The average Bonchev–Trinajstić information content (AvgIpc) is 3.78. The largest absolute Gasteiger partial charge is 0.497 e. The number of allylic oxidation sites excluding steroid dienone is 2. The van der Waals surface area contributed by atoms with Gasteiger partial charge in [-0.25, -0.2) is 0 Å². The van der Waals surface area contributed by atoms with E-state index in [0.29, 0.717) is 18.0 Å². The molecule has 0 radical (unpaired) electrons. The van der Waals surface area contributed by atoms with E-state index in [0.717, 1.165) is 51.9 Å². The number of ether oxygens (including phenoxy) is 8. The van der Waals surface area contributed by atoms with Crippen molar-refractivity contribution in [3.05, 3.63) is 113 Å². The first-order valence-corrected chi connectivity index (χ1v) is 23.5. The van der Waals surface area contributed by atoms with Crippen molar-refractivity contribution in [1.82, 2.24) is 4.90 Å². The highest BCUT2D eigenvalue weighted by molar-refractivity contribution is 6.04. The average molecular weight is 960 g/mol. The van der Waals surface area contributed by atoms with Crippen LogP contribution in [0.5, 0.6) is 40.2 Å². The van der Waals surface area contributed by atoms with Crippen LogP contribution in [-0.2, 0) is 32.2 Å². The predicted molar refractivity (Wildman–Crippen MR) is 285 cm³/mol. The molecule has 0 fully saturated rings. The molecule has 0 atom stereocenters. The third-order valence-corrected chi connectivity index (χ3v) is 10.2. The number of methoxy groups -OCH3 is 6. The summed E-state index contributed by atoms with van der Waals surface area (Å²) in [5, 5.41) is 0. The molecular weight excluding hydrogens is 871 g/mol. The second-order valence-corrected chi connectivity index (χ2v) is 20.1. The number of hydrogen-bond acceptors (Lipinski definition) is 10. The van der Waals surface area contributed by atoms with Crippen LogP contribution in [0.3, 0.4) is 0 Å². The highest BCUT2D eigenvalue weighted by Gasteiger charge is 2.31. The summed E-state index contributed by atoms with van der Waals surface area (Å²) in [5.41, 5.74) is 5.61. The lowest BCUT2D eigenvalue weighted by atomic mass is 9.81. The number of amides is 1. The van der Waals surface area contributed by atoms with Gasteiger partial charge in [0.2, 0.25) is 18.4 Å². The Morgan fingerprint density at radius 3 is 1.65 bits per heavy atom. The zero-order valence-corrected chi connectivity index (χ0v) is 46.7. The van der Waals surface area contributed by atoms with Crippen molar-refractivity contribution in [2.45, 2.75) is 127 Å². The smallest absolute Gasteiger partial charge is 0.231 e. The molecule has 0 saturated heterocycles. The van der Waals surface area contributed by atoms with E-state index in [2.05, 4.69) is 100.0 Å². The number of carbonyl (C=O) groups excluding carboxylic acids is 2. The highest BCUT2D eigenvalue weighted by Crippen LogP contribution is 2.49. The predicted octanol–water partition coefficient (Wildman–Crippen LogP) is 13.5. The molecule has 4 aromatic rings. The SMILES string of the molecule is CC.CC(C)(C)/C=C/C(=O)c1ccccc1.COC.COc1c2c(cc(CCN(C)C(C)=O)c1C(C)(C)C)OCO2.COc1ccc(C(C)(C)C)c(OC)c1.COc1ccc(C(C)(C)C)cc1OC. The molecule has 0 aromatic heterocycles. The standard InChI is InChI=1S/C17H25NO4.C13H16O.2C12H18O2.C2H6O.C2H6/c1-11(19)18(5)8-7-12-9-13-15(22-10-21-13)16(20-6)14(12)17(2,3)4;1-13(2,3)10-9-12(14)11-7-5-4-6-8-11;1-12(2,3)10-7-6-9(13-4)8-11(10)14-5;1-12(2,3)9-6-7-10(13-4)11(8-9)14-5;1-3-2;1-2/h9H,7-8,10H2,1-6H3;4-10H,1-3H3;2*6-8H,1-5H3;1-2H3;1-2H3/b;10-9+;;;;. The van der Waals surface area contributed by atoms with Gasteiger partial charge in [-0.05, 0) is 75.1 Å². The Balaban J connectivity index is 0.000000883. The van der Waals surface area contributed by atoms with E-state index in [1.807, 2.05) is 87.6 Å². The lowest BCUT2D eigenvalue weighted by Crippen LogP contribution is -2.27.